The van der Waals surface area contributed by atoms with Crippen LogP contribution in [0.3, 0.4) is 0 Å². The van der Waals surface area contributed by atoms with Gasteiger partial charge in [-0.15, -0.1) is 0 Å². The lowest BCUT2D eigenvalue weighted by Gasteiger charge is -2.23. The van der Waals surface area contributed by atoms with E-state index >= 15 is 0 Å². The molecule has 0 atom stereocenters. The van der Waals surface area contributed by atoms with E-state index in [-0.39, 0.29) is 0 Å². The van der Waals surface area contributed by atoms with Gasteiger partial charge < -0.3 is 11.5 Å². The highest BCUT2D eigenvalue weighted by Crippen LogP contribution is 2.49. The van der Waals surface area contributed by atoms with Gasteiger partial charge in [-0.05, 0) is 78.7 Å². The van der Waals surface area contributed by atoms with Crippen LogP contribution in [0.25, 0.3) is 11.1 Å². The number of rotatable bonds is 6. The maximum Gasteiger partial charge on any atom is 0.249 e. The summed E-state index contributed by atoms with van der Waals surface area (Å²) in [6.45, 7) is 2.06. The number of primary amides is 2. The Labute approximate surface area is 153 Å². The van der Waals surface area contributed by atoms with Gasteiger partial charge in [-0.3, -0.25) is 9.59 Å². The second-order valence-corrected chi connectivity index (χ2v) is 7.66. The molecule has 4 rings (SSSR count). The van der Waals surface area contributed by atoms with E-state index in [1.807, 2.05) is 18.2 Å². The third-order valence-electron chi connectivity index (χ3n) is 5.63. The molecule has 0 aromatic heterocycles. The van der Waals surface area contributed by atoms with Gasteiger partial charge >= 0.3 is 0 Å². The van der Waals surface area contributed by atoms with Crippen molar-refractivity contribution in [2.45, 2.75) is 44.9 Å². The van der Waals surface area contributed by atoms with Crippen LogP contribution in [0.15, 0.2) is 30.3 Å². The molecule has 4 nitrogen and oxygen atoms in total. The summed E-state index contributed by atoms with van der Waals surface area (Å²) in [6, 6.07) is 10.1. The first-order valence-corrected chi connectivity index (χ1v) is 9.33. The number of hydrogen-bond donors (Lipinski definition) is 2. The predicted octanol–water partition coefficient (Wildman–Crippen LogP) is 3.69. The van der Waals surface area contributed by atoms with Crippen LogP contribution in [0.2, 0.25) is 0 Å². The third kappa shape index (κ3) is 2.90. The van der Waals surface area contributed by atoms with Crippen molar-refractivity contribution in [3.05, 3.63) is 58.1 Å². The molecule has 0 heterocycles. The van der Waals surface area contributed by atoms with E-state index in [9.17, 15) is 9.59 Å². The molecule has 0 saturated heterocycles. The monoisotopic (exact) mass is 348 g/mol. The van der Waals surface area contributed by atoms with Crippen LogP contribution in [0.1, 0.15) is 69.0 Å². The average molecular weight is 348 g/mol. The lowest BCUT2D eigenvalue weighted by atomic mass is 9.80. The smallest absolute Gasteiger partial charge is 0.249 e. The Kier molecular flexibility index (Phi) is 4.06. The van der Waals surface area contributed by atoms with Gasteiger partial charge in [-0.2, -0.15) is 0 Å². The molecule has 2 fully saturated rings. The summed E-state index contributed by atoms with van der Waals surface area (Å²) in [5.41, 5.74) is 17.3. The Morgan fingerprint density at radius 2 is 1.58 bits per heavy atom. The van der Waals surface area contributed by atoms with Crippen LogP contribution in [-0.4, -0.2) is 11.8 Å². The van der Waals surface area contributed by atoms with E-state index in [0.29, 0.717) is 23.0 Å². The summed E-state index contributed by atoms with van der Waals surface area (Å²) in [6.07, 6.45) is 5.13. The molecule has 134 valence electrons. The second kappa shape index (κ2) is 6.27. The zero-order valence-electron chi connectivity index (χ0n) is 15.0. The van der Waals surface area contributed by atoms with Gasteiger partial charge in [0.25, 0.3) is 0 Å². The van der Waals surface area contributed by atoms with Gasteiger partial charge in [-0.25, -0.2) is 0 Å². The van der Waals surface area contributed by atoms with Crippen molar-refractivity contribution in [3.8, 4) is 11.1 Å². The number of amides is 2. The van der Waals surface area contributed by atoms with Crippen molar-refractivity contribution in [1.29, 1.82) is 0 Å². The minimum Gasteiger partial charge on any atom is -0.366 e. The molecule has 2 aromatic rings. The fourth-order valence-corrected chi connectivity index (χ4v) is 4.18. The molecule has 0 radical (unpaired) electrons. The molecule has 4 N–H and O–H groups in total. The van der Waals surface area contributed by atoms with Gasteiger partial charge in [0.05, 0.1) is 11.1 Å². The Morgan fingerprint density at radius 3 is 2.08 bits per heavy atom. The molecule has 4 heteroatoms. The van der Waals surface area contributed by atoms with Crippen molar-refractivity contribution < 1.29 is 9.59 Å². The highest BCUT2D eigenvalue weighted by molar-refractivity contribution is 6.10. The Bertz CT molecular complexity index is 894. The van der Waals surface area contributed by atoms with Crippen molar-refractivity contribution in [3.63, 3.8) is 0 Å². The van der Waals surface area contributed by atoms with E-state index in [1.165, 1.54) is 0 Å². The van der Waals surface area contributed by atoms with Crippen molar-refractivity contribution in [2.24, 2.45) is 17.4 Å². The summed E-state index contributed by atoms with van der Waals surface area (Å²) in [4.78, 5) is 24.8. The normalized spacial score (nSPS) is 16.5. The first-order chi connectivity index (χ1) is 12.5. The highest BCUT2D eigenvalue weighted by Gasteiger charge is 2.36. The summed E-state index contributed by atoms with van der Waals surface area (Å²) in [7, 11) is 0. The van der Waals surface area contributed by atoms with Crippen LogP contribution >= 0.6 is 0 Å². The molecule has 2 aliphatic rings. The lowest BCUT2D eigenvalue weighted by Crippen LogP contribution is -2.26. The van der Waals surface area contributed by atoms with E-state index < -0.39 is 11.8 Å². The molecule has 0 bridgehead atoms. The van der Waals surface area contributed by atoms with Crippen molar-refractivity contribution >= 4 is 11.8 Å². The zero-order valence-corrected chi connectivity index (χ0v) is 15.0. The van der Waals surface area contributed by atoms with Crippen LogP contribution in [0, 0.1) is 12.8 Å². The first kappa shape index (κ1) is 16.8. The van der Waals surface area contributed by atoms with Crippen molar-refractivity contribution in [2.75, 3.05) is 0 Å². The van der Waals surface area contributed by atoms with Crippen LogP contribution in [-0.2, 0) is 6.42 Å². The summed E-state index contributed by atoms with van der Waals surface area (Å²) in [5, 5.41) is 0. The summed E-state index contributed by atoms with van der Waals surface area (Å²) in [5.74, 6) is -0.232. The standard InChI is InChI=1S/C22H24N2O2/c1-12-17(14-5-3-2-4-6-14)16(11-13-7-8-13)19(21(23)25)20(22(24)26)18(12)15-9-10-15/h2-6,13,15H,7-11H2,1H3,(H2,23,25)(H2,24,26). The largest absolute Gasteiger partial charge is 0.366 e. The fraction of sp³-hybridized carbons (Fsp3) is 0.364. The number of carbonyl (C=O) groups excluding carboxylic acids is 2. The van der Waals surface area contributed by atoms with Crippen LogP contribution in [0.5, 0.6) is 0 Å². The third-order valence-corrected chi connectivity index (χ3v) is 5.63. The molecule has 26 heavy (non-hydrogen) atoms. The van der Waals surface area contributed by atoms with E-state index in [0.717, 1.165) is 59.9 Å². The number of carbonyl (C=O) groups is 2. The van der Waals surface area contributed by atoms with Gasteiger partial charge in [0.15, 0.2) is 0 Å². The van der Waals surface area contributed by atoms with Crippen LogP contribution < -0.4 is 11.5 Å². The quantitative estimate of drug-likeness (QED) is 0.834. The first-order valence-electron chi connectivity index (χ1n) is 9.33. The number of hydrogen-bond acceptors (Lipinski definition) is 2. The molecular formula is C22H24N2O2. The summed E-state index contributed by atoms with van der Waals surface area (Å²) >= 11 is 0. The molecule has 2 aromatic carbocycles. The second-order valence-electron chi connectivity index (χ2n) is 7.66. The molecule has 0 aliphatic heterocycles. The minimum atomic E-state index is -0.548. The highest BCUT2D eigenvalue weighted by atomic mass is 16.2. The van der Waals surface area contributed by atoms with Gasteiger partial charge in [0.2, 0.25) is 11.8 Å². The number of nitrogens with two attached hydrogens (primary N) is 2. The van der Waals surface area contributed by atoms with Gasteiger partial charge in [-0.1, -0.05) is 30.3 Å². The molecule has 2 aliphatic carbocycles. The Hall–Kier alpha value is -2.62. The Morgan fingerprint density at radius 1 is 0.962 bits per heavy atom. The maximum absolute atomic E-state index is 12.5. The van der Waals surface area contributed by atoms with Crippen LogP contribution in [0.4, 0.5) is 0 Å². The molecule has 2 saturated carbocycles. The van der Waals surface area contributed by atoms with E-state index in [2.05, 4.69) is 19.1 Å². The zero-order chi connectivity index (χ0) is 18.4. The SMILES string of the molecule is Cc1c(-c2ccccc2)c(CC2CC2)c(C(N)=O)c(C(N)=O)c1C1CC1. The minimum absolute atomic E-state index is 0.299. The maximum atomic E-state index is 12.5. The Balaban J connectivity index is 2.08. The number of benzene rings is 2. The predicted molar refractivity (Wildman–Crippen MR) is 102 cm³/mol. The van der Waals surface area contributed by atoms with Gasteiger partial charge in [0.1, 0.15) is 0 Å². The van der Waals surface area contributed by atoms with E-state index in [1.54, 1.807) is 0 Å². The molecular weight excluding hydrogens is 324 g/mol. The molecule has 0 spiro atoms. The van der Waals surface area contributed by atoms with Crippen molar-refractivity contribution in [1.82, 2.24) is 0 Å². The topological polar surface area (TPSA) is 86.2 Å². The average Bonchev–Trinajstić information content (AvgIpc) is 3.49. The van der Waals surface area contributed by atoms with Gasteiger partial charge in [0, 0.05) is 0 Å². The summed E-state index contributed by atoms with van der Waals surface area (Å²) < 4.78 is 0. The lowest BCUT2D eigenvalue weighted by molar-refractivity contribution is 0.0965. The fourth-order valence-electron chi connectivity index (χ4n) is 4.18. The van der Waals surface area contributed by atoms with E-state index in [4.69, 9.17) is 11.5 Å². The molecule has 0 unspecified atom stereocenters. The molecule has 2 amide bonds.